The number of halogens is 3. The molecule has 3 N–H and O–H groups in total. The number of ether oxygens (including phenoxy) is 1. The molecular formula is C12H16F3NO2. The molecule has 3 nitrogen and oxygen atoms in total. The Morgan fingerprint density at radius 3 is 2.44 bits per heavy atom. The number of benzene rings is 1. The Hall–Kier alpha value is -1.27. The third-order valence-corrected chi connectivity index (χ3v) is 2.50. The van der Waals surface area contributed by atoms with Gasteiger partial charge >= 0.3 is 6.18 Å². The number of rotatable bonds is 4. The van der Waals surface area contributed by atoms with Gasteiger partial charge in [0.15, 0.2) is 6.10 Å². The Labute approximate surface area is 103 Å². The van der Waals surface area contributed by atoms with Crippen LogP contribution in [0.4, 0.5) is 13.2 Å². The normalized spacial score (nSPS) is 15.3. The number of hydrogen-bond donors (Lipinski definition) is 2. The van der Waals surface area contributed by atoms with Crippen molar-refractivity contribution < 1.29 is 23.0 Å². The fourth-order valence-electron chi connectivity index (χ4n) is 1.38. The average molecular weight is 263 g/mol. The van der Waals surface area contributed by atoms with Crippen LogP contribution in [0.5, 0.6) is 5.75 Å². The average Bonchev–Trinajstić information content (AvgIpc) is 2.25. The highest BCUT2D eigenvalue weighted by Gasteiger charge is 2.38. The zero-order valence-corrected chi connectivity index (χ0v) is 10.2. The van der Waals surface area contributed by atoms with Gasteiger partial charge in [-0.3, -0.25) is 0 Å². The number of nitrogens with two attached hydrogens (primary N) is 1. The van der Waals surface area contributed by atoms with Crippen molar-refractivity contribution in [2.24, 2.45) is 5.73 Å². The van der Waals surface area contributed by atoms with Crippen LogP contribution in [0.25, 0.3) is 0 Å². The summed E-state index contributed by atoms with van der Waals surface area (Å²) in [6, 6.07) is 4.84. The highest BCUT2D eigenvalue weighted by Crippen LogP contribution is 2.24. The first-order valence-electron chi connectivity index (χ1n) is 5.45. The highest BCUT2D eigenvalue weighted by atomic mass is 19.4. The summed E-state index contributed by atoms with van der Waals surface area (Å²) in [5.41, 5.74) is 7.23. The smallest absolute Gasteiger partial charge is 0.417 e. The third kappa shape index (κ3) is 3.89. The molecule has 0 saturated carbocycles. The molecule has 0 aromatic heterocycles. The van der Waals surface area contributed by atoms with Crippen LogP contribution in [-0.4, -0.2) is 24.0 Å². The molecule has 2 atom stereocenters. The van der Waals surface area contributed by atoms with Crippen LogP contribution in [0.3, 0.4) is 0 Å². The summed E-state index contributed by atoms with van der Waals surface area (Å²) >= 11 is 0. The quantitative estimate of drug-likeness (QED) is 0.876. The summed E-state index contributed by atoms with van der Waals surface area (Å²) in [7, 11) is 0. The number of alkyl halides is 3. The minimum atomic E-state index is -4.67. The van der Waals surface area contributed by atoms with E-state index in [1.165, 1.54) is 0 Å². The van der Waals surface area contributed by atoms with E-state index in [4.69, 9.17) is 15.6 Å². The Morgan fingerprint density at radius 2 is 2.00 bits per heavy atom. The van der Waals surface area contributed by atoms with Crippen molar-refractivity contribution in [3.05, 3.63) is 29.3 Å². The number of aliphatic hydroxyl groups excluding tert-OH is 1. The maximum Gasteiger partial charge on any atom is 0.417 e. The van der Waals surface area contributed by atoms with E-state index in [-0.39, 0.29) is 6.04 Å². The summed E-state index contributed by atoms with van der Waals surface area (Å²) in [5, 5.41) is 8.81. The van der Waals surface area contributed by atoms with Gasteiger partial charge in [0, 0.05) is 6.04 Å². The van der Waals surface area contributed by atoms with Gasteiger partial charge in [-0.1, -0.05) is 12.1 Å². The zero-order chi connectivity index (χ0) is 13.9. The van der Waals surface area contributed by atoms with Crippen LogP contribution in [0, 0.1) is 6.92 Å². The molecule has 6 heteroatoms. The van der Waals surface area contributed by atoms with Crippen molar-refractivity contribution in [3.8, 4) is 5.75 Å². The molecule has 1 aromatic carbocycles. The lowest BCUT2D eigenvalue weighted by molar-refractivity contribution is -0.210. The Morgan fingerprint density at radius 1 is 1.39 bits per heavy atom. The second kappa shape index (κ2) is 5.58. The molecule has 1 aromatic rings. The van der Waals surface area contributed by atoms with Crippen molar-refractivity contribution in [1.82, 2.24) is 0 Å². The molecule has 0 heterocycles. The van der Waals surface area contributed by atoms with Crippen LogP contribution >= 0.6 is 0 Å². The number of aliphatic hydroxyl groups is 1. The lowest BCUT2D eigenvalue weighted by Gasteiger charge is -2.17. The summed E-state index contributed by atoms with van der Waals surface area (Å²) in [6.07, 6.45) is -7.15. The number of hydrogen-bond acceptors (Lipinski definition) is 3. The lowest BCUT2D eigenvalue weighted by atomic mass is 10.1. The van der Waals surface area contributed by atoms with Crippen molar-refractivity contribution in [2.75, 3.05) is 6.61 Å². The summed E-state index contributed by atoms with van der Waals surface area (Å²) < 4.78 is 41.2. The summed E-state index contributed by atoms with van der Waals surface area (Å²) in [5.74, 6) is 0.308. The minimum Gasteiger partial charge on any atom is -0.490 e. The van der Waals surface area contributed by atoms with Gasteiger partial charge in [-0.2, -0.15) is 13.2 Å². The molecule has 0 radical (unpaired) electrons. The van der Waals surface area contributed by atoms with Crippen molar-refractivity contribution in [1.29, 1.82) is 0 Å². The zero-order valence-electron chi connectivity index (χ0n) is 10.2. The topological polar surface area (TPSA) is 55.5 Å². The Kier molecular flexibility index (Phi) is 4.59. The second-order valence-corrected chi connectivity index (χ2v) is 4.18. The second-order valence-electron chi connectivity index (χ2n) is 4.18. The molecule has 0 bridgehead atoms. The van der Waals surface area contributed by atoms with E-state index in [1.807, 2.05) is 6.92 Å². The van der Waals surface area contributed by atoms with Crippen LogP contribution in [0.15, 0.2) is 18.2 Å². The van der Waals surface area contributed by atoms with Crippen molar-refractivity contribution in [3.63, 3.8) is 0 Å². The third-order valence-electron chi connectivity index (χ3n) is 2.50. The van der Waals surface area contributed by atoms with Crippen LogP contribution < -0.4 is 10.5 Å². The maximum absolute atomic E-state index is 12.1. The van der Waals surface area contributed by atoms with E-state index in [0.717, 1.165) is 5.56 Å². The van der Waals surface area contributed by atoms with Gasteiger partial charge in [-0.25, -0.2) is 0 Å². The monoisotopic (exact) mass is 263 g/mol. The molecule has 0 aliphatic rings. The van der Waals surface area contributed by atoms with E-state index >= 15 is 0 Å². The first kappa shape index (κ1) is 14.8. The first-order chi connectivity index (χ1) is 8.21. The van der Waals surface area contributed by atoms with E-state index in [1.54, 1.807) is 25.1 Å². The van der Waals surface area contributed by atoms with Gasteiger partial charge in [-0.15, -0.1) is 0 Å². The molecular weight excluding hydrogens is 247 g/mol. The molecule has 0 aliphatic heterocycles. The van der Waals surface area contributed by atoms with Gasteiger partial charge in [0.2, 0.25) is 0 Å². The standard InChI is InChI=1S/C12H16F3NO2/c1-7-5-9(8(2)16)3-4-10(7)18-6-11(17)12(13,14)15/h3-5,8,11,17H,6,16H2,1-2H3/t8-,11?/m0/s1. The predicted octanol–water partition coefficient (Wildman–Crippen LogP) is 2.32. The summed E-state index contributed by atoms with van der Waals surface area (Å²) in [4.78, 5) is 0. The Balaban J connectivity index is 2.69. The first-order valence-corrected chi connectivity index (χ1v) is 5.45. The SMILES string of the molecule is Cc1cc([C@H](C)N)ccc1OCC(O)C(F)(F)F. The minimum absolute atomic E-state index is 0.154. The van der Waals surface area contributed by atoms with Gasteiger partial charge in [-0.05, 0) is 31.0 Å². The van der Waals surface area contributed by atoms with Gasteiger partial charge < -0.3 is 15.6 Å². The van der Waals surface area contributed by atoms with E-state index in [9.17, 15) is 13.2 Å². The van der Waals surface area contributed by atoms with E-state index in [2.05, 4.69) is 0 Å². The molecule has 0 saturated heterocycles. The van der Waals surface area contributed by atoms with E-state index in [0.29, 0.717) is 11.3 Å². The maximum atomic E-state index is 12.1. The molecule has 102 valence electrons. The molecule has 0 amide bonds. The molecule has 18 heavy (non-hydrogen) atoms. The number of aryl methyl sites for hydroxylation is 1. The van der Waals surface area contributed by atoms with Gasteiger partial charge in [0.1, 0.15) is 12.4 Å². The van der Waals surface area contributed by atoms with Crippen LogP contribution in [0.1, 0.15) is 24.1 Å². The fourth-order valence-corrected chi connectivity index (χ4v) is 1.38. The molecule has 0 aliphatic carbocycles. The van der Waals surface area contributed by atoms with Gasteiger partial charge in [0.25, 0.3) is 0 Å². The van der Waals surface area contributed by atoms with Crippen LogP contribution in [-0.2, 0) is 0 Å². The van der Waals surface area contributed by atoms with Crippen molar-refractivity contribution >= 4 is 0 Å². The van der Waals surface area contributed by atoms with Crippen molar-refractivity contribution in [2.45, 2.75) is 32.2 Å². The predicted molar refractivity (Wildman–Crippen MR) is 61.3 cm³/mol. The largest absolute Gasteiger partial charge is 0.490 e. The lowest BCUT2D eigenvalue weighted by Crippen LogP contribution is -2.34. The summed E-state index contributed by atoms with van der Waals surface area (Å²) in [6.45, 7) is 2.70. The highest BCUT2D eigenvalue weighted by molar-refractivity contribution is 5.37. The molecule has 0 spiro atoms. The van der Waals surface area contributed by atoms with Gasteiger partial charge in [0.05, 0.1) is 0 Å². The van der Waals surface area contributed by atoms with Crippen LogP contribution in [0.2, 0.25) is 0 Å². The van der Waals surface area contributed by atoms with E-state index < -0.39 is 18.9 Å². The molecule has 1 rings (SSSR count). The Bertz CT molecular complexity index is 405. The molecule has 1 unspecified atom stereocenters. The fraction of sp³-hybridized carbons (Fsp3) is 0.500. The molecule has 0 fully saturated rings.